The van der Waals surface area contributed by atoms with E-state index in [-0.39, 0.29) is 11.7 Å². The first-order valence-electron chi connectivity index (χ1n) is 8.57. The maximum atomic E-state index is 12.6. The first-order chi connectivity index (χ1) is 12.6. The van der Waals surface area contributed by atoms with Crippen LogP contribution in [-0.4, -0.2) is 26.6 Å². The van der Waals surface area contributed by atoms with Crippen molar-refractivity contribution in [3.63, 3.8) is 0 Å². The minimum Gasteiger partial charge on any atom is -0.354 e. The zero-order valence-electron chi connectivity index (χ0n) is 14.4. The smallest absolute Gasteiger partial charge is 0.272 e. The van der Waals surface area contributed by atoms with Gasteiger partial charge in [-0.1, -0.05) is 30.3 Å². The van der Waals surface area contributed by atoms with E-state index in [0.717, 1.165) is 24.1 Å². The van der Waals surface area contributed by atoms with Gasteiger partial charge in [-0.2, -0.15) is 0 Å². The Kier molecular flexibility index (Phi) is 4.08. The number of nitrogens with one attached hydrogen (secondary N) is 2. The highest BCUT2D eigenvalue weighted by molar-refractivity contribution is 6.08. The van der Waals surface area contributed by atoms with Crippen LogP contribution in [0, 0.1) is 6.92 Å². The summed E-state index contributed by atoms with van der Waals surface area (Å²) in [6.07, 6.45) is 5.32. The number of H-pyrrole nitrogens is 1. The van der Waals surface area contributed by atoms with Crippen LogP contribution in [-0.2, 0) is 6.42 Å². The second-order valence-corrected chi connectivity index (χ2v) is 6.37. The Morgan fingerprint density at radius 3 is 2.54 bits per heavy atom. The molecule has 130 valence electrons. The van der Waals surface area contributed by atoms with Crippen molar-refractivity contribution < 1.29 is 9.59 Å². The van der Waals surface area contributed by atoms with Crippen molar-refractivity contribution in [1.29, 1.82) is 0 Å². The zero-order valence-corrected chi connectivity index (χ0v) is 14.4. The second kappa shape index (κ2) is 6.55. The molecule has 0 unspecified atom stereocenters. The highest BCUT2D eigenvalue weighted by atomic mass is 16.2. The number of Topliss-reactive ketones (excluding diaryl/α,β-unsaturated/α-hetero) is 1. The van der Waals surface area contributed by atoms with Crippen molar-refractivity contribution in [2.24, 2.45) is 0 Å². The van der Waals surface area contributed by atoms with Crippen molar-refractivity contribution in [3.8, 4) is 11.4 Å². The third-order valence-corrected chi connectivity index (χ3v) is 4.61. The molecule has 0 fully saturated rings. The van der Waals surface area contributed by atoms with E-state index in [1.807, 2.05) is 37.3 Å². The van der Waals surface area contributed by atoms with Crippen LogP contribution in [0.4, 0.5) is 5.69 Å². The van der Waals surface area contributed by atoms with Crippen LogP contribution in [0.3, 0.4) is 0 Å². The van der Waals surface area contributed by atoms with Crippen LogP contribution < -0.4 is 5.32 Å². The fraction of sp³-hybridized carbons (Fsp3) is 0.200. The molecule has 0 aliphatic heterocycles. The molecule has 3 aromatic rings. The predicted molar refractivity (Wildman–Crippen MR) is 98.2 cm³/mol. The third kappa shape index (κ3) is 2.90. The van der Waals surface area contributed by atoms with E-state index >= 15 is 0 Å². The molecule has 0 bridgehead atoms. The summed E-state index contributed by atoms with van der Waals surface area (Å²) in [6.45, 7) is 1.81. The van der Waals surface area contributed by atoms with Crippen LogP contribution in [0.1, 0.15) is 44.9 Å². The van der Waals surface area contributed by atoms with Gasteiger partial charge in [0.25, 0.3) is 5.91 Å². The molecule has 1 aromatic carbocycles. The molecule has 2 N–H and O–H groups in total. The zero-order chi connectivity index (χ0) is 18.1. The minimum absolute atomic E-state index is 0.106. The Balaban J connectivity index is 1.55. The van der Waals surface area contributed by atoms with E-state index in [9.17, 15) is 9.59 Å². The lowest BCUT2D eigenvalue weighted by atomic mass is 9.94. The van der Waals surface area contributed by atoms with E-state index in [2.05, 4.69) is 20.3 Å². The molecular formula is C20H18N4O2. The number of hydrogen-bond acceptors (Lipinski definition) is 4. The average Bonchev–Trinajstić information content (AvgIpc) is 3.01. The molecule has 0 spiro atoms. The number of carbonyl (C=O) groups is 2. The van der Waals surface area contributed by atoms with Gasteiger partial charge in [-0.15, -0.1) is 0 Å². The molecule has 0 radical (unpaired) electrons. The van der Waals surface area contributed by atoms with Gasteiger partial charge in [0, 0.05) is 23.2 Å². The summed E-state index contributed by atoms with van der Waals surface area (Å²) < 4.78 is 0. The standard InChI is InChI=1S/C20H18N4O2/c1-12-17-15(8-5-9-16(17)25)24-18(12)20(26)23-14-10-21-19(22-11-14)13-6-3-2-4-7-13/h2-4,6-7,10-11,24H,5,8-9H2,1H3,(H,23,26). The Labute approximate surface area is 150 Å². The van der Waals surface area contributed by atoms with E-state index < -0.39 is 0 Å². The average molecular weight is 346 g/mol. The molecule has 1 amide bonds. The normalized spacial score (nSPS) is 13.3. The molecule has 0 saturated heterocycles. The Bertz CT molecular complexity index is 975. The van der Waals surface area contributed by atoms with Crippen molar-refractivity contribution in [2.75, 3.05) is 5.32 Å². The van der Waals surface area contributed by atoms with Crippen LogP contribution in [0.2, 0.25) is 0 Å². The number of aryl methyl sites for hydroxylation is 1. The van der Waals surface area contributed by atoms with Gasteiger partial charge in [0.05, 0.1) is 18.1 Å². The van der Waals surface area contributed by atoms with Gasteiger partial charge in [0.2, 0.25) is 0 Å². The van der Waals surface area contributed by atoms with E-state index in [4.69, 9.17) is 0 Å². The molecular weight excluding hydrogens is 328 g/mol. The number of ketones is 1. The Morgan fingerprint density at radius 1 is 1.12 bits per heavy atom. The first-order valence-corrected chi connectivity index (χ1v) is 8.57. The fourth-order valence-corrected chi connectivity index (χ4v) is 3.32. The highest BCUT2D eigenvalue weighted by Gasteiger charge is 2.26. The first kappa shape index (κ1) is 16.2. The molecule has 26 heavy (non-hydrogen) atoms. The summed E-state index contributed by atoms with van der Waals surface area (Å²) in [5.41, 5.74) is 4.10. The van der Waals surface area contributed by atoms with Gasteiger partial charge < -0.3 is 10.3 Å². The lowest BCUT2D eigenvalue weighted by molar-refractivity contribution is 0.0971. The van der Waals surface area contributed by atoms with E-state index in [0.29, 0.717) is 34.8 Å². The van der Waals surface area contributed by atoms with Crippen molar-refractivity contribution in [3.05, 3.63) is 65.2 Å². The van der Waals surface area contributed by atoms with Crippen LogP contribution >= 0.6 is 0 Å². The van der Waals surface area contributed by atoms with Gasteiger partial charge in [0.1, 0.15) is 5.69 Å². The lowest BCUT2D eigenvalue weighted by Crippen LogP contribution is -2.14. The van der Waals surface area contributed by atoms with Gasteiger partial charge in [-0.25, -0.2) is 9.97 Å². The van der Waals surface area contributed by atoms with Crippen LogP contribution in [0.15, 0.2) is 42.7 Å². The molecule has 0 saturated carbocycles. The Hall–Kier alpha value is -3.28. The number of nitrogens with zero attached hydrogens (tertiary/aromatic N) is 2. The molecule has 6 nitrogen and oxygen atoms in total. The summed E-state index contributed by atoms with van der Waals surface area (Å²) in [4.78, 5) is 36.4. The molecule has 1 aliphatic carbocycles. The topological polar surface area (TPSA) is 87.7 Å². The number of aromatic nitrogens is 3. The highest BCUT2D eigenvalue weighted by Crippen LogP contribution is 2.27. The van der Waals surface area contributed by atoms with Crippen LogP contribution in [0.5, 0.6) is 0 Å². The Morgan fingerprint density at radius 2 is 1.85 bits per heavy atom. The number of anilines is 1. The summed E-state index contributed by atoms with van der Waals surface area (Å²) in [6, 6.07) is 9.63. The fourth-order valence-electron chi connectivity index (χ4n) is 3.32. The second-order valence-electron chi connectivity index (χ2n) is 6.37. The monoisotopic (exact) mass is 346 g/mol. The van der Waals surface area contributed by atoms with Gasteiger partial charge in [0.15, 0.2) is 11.6 Å². The third-order valence-electron chi connectivity index (χ3n) is 4.61. The maximum absolute atomic E-state index is 12.6. The summed E-state index contributed by atoms with van der Waals surface area (Å²) in [5, 5.41) is 2.80. The van der Waals surface area contributed by atoms with Gasteiger partial charge >= 0.3 is 0 Å². The number of fused-ring (bicyclic) bond motifs is 1. The number of hydrogen-bond donors (Lipinski definition) is 2. The number of carbonyl (C=O) groups excluding carboxylic acids is 2. The van der Waals surface area contributed by atoms with Gasteiger partial charge in [-0.3, -0.25) is 9.59 Å². The number of amides is 1. The predicted octanol–water partition coefficient (Wildman–Crippen LogP) is 3.55. The number of aromatic amines is 1. The minimum atomic E-state index is -0.291. The maximum Gasteiger partial charge on any atom is 0.272 e. The lowest BCUT2D eigenvalue weighted by Gasteiger charge is -2.09. The van der Waals surface area contributed by atoms with E-state index in [1.165, 1.54) is 0 Å². The summed E-state index contributed by atoms with van der Waals surface area (Å²) >= 11 is 0. The molecule has 0 atom stereocenters. The van der Waals surface area contributed by atoms with Crippen molar-refractivity contribution in [1.82, 2.24) is 15.0 Å². The van der Waals surface area contributed by atoms with Gasteiger partial charge in [-0.05, 0) is 25.3 Å². The molecule has 2 heterocycles. The van der Waals surface area contributed by atoms with Crippen molar-refractivity contribution in [2.45, 2.75) is 26.2 Å². The quantitative estimate of drug-likeness (QED) is 0.759. The van der Waals surface area contributed by atoms with Crippen molar-refractivity contribution >= 4 is 17.4 Å². The number of benzene rings is 1. The largest absolute Gasteiger partial charge is 0.354 e. The molecule has 6 heteroatoms. The molecule has 4 rings (SSSR count). The molecule has 1 aliphatic rings. The van der Waals surface area contributed by atoms with Crippen LogP contribution in [0.25, 0.3) is 11.4 Å². The molecule has 2 aromatic heterocycles. The summed E-state index contributed by atoms with van der Waals surface area (Å²) in [5.74, 6) is 0.413. The van der Waals surface area contributed by atoms with E-state index in [1.54, 1.807) is 12.4 Å². The number of rotatable bonds is 3. The summed E-state index contributed by atoms with van der Waals surface area (Å²) in [7, 11) is 0. The SMILES string of the molecule is Cc1c(C(=O)Nc2cnc(-c3ccccc3)nc2)[nH]c2c1C(=O)CCC2.